The van der Waals surface area contributed by atoms with Gasteiger partial charge in [0.25, 0.3) is 0 Å². The van der Waals surface area contributed by atoms with Crippen LogP contribution in [0.3, 0.4) is 0 Å². The second-order valence-electron chi connectivity index (χ2n) is 6.90. The molecule has 3 aliphatic rings. The lowest BCUT2D eigenvalue weighted by Crippen LogP contribution is -2.60. The van der Waals surface area contributed by atoms with Crippen molar-refractivity contribution < 1.29 is 14.3 Å². The Morgan fingerprint density at radius 2 is 2.09 bits per heavy atom. The maximum absolute atomic E-state index is 12.3. The second kappa shape index (κ2) is 5.99. The van der Waals surface area contributed by atoms with Gasteiger partial charge in [-0.3, -0.25) is 4.79 Å². The summed E-state index contributed by atoms with van der Waals surface area (Å²) in [7, 11) is 3.41. The number of piperidine rings is 1. The molecule has 0 amide bonds. The van der Waals surface area contributed by atoms with Crippen molar-refractivity contribution in [1.29, 1.82) is 0 Å². The monoisotopic (exact) mass is 337 g/mol. The summed E-state index contributed by atoms with van der Waals surface area (Å²) in [4.78, 5) is 12.3. The van der Waals surface area contributed by atoms with Gasteiger partial charge in [0.15, 0.2) is 0 Å². The number of fused-ring (bicyclic) bond motifs is 1. The Kier molecular flexibility index (Phi) is 4.32. The molecular weight excluding hydrogens is 314 g/mol. The first-order valence-electron chi connectivity index (χ1n) is 8.18. The van der Waals surface area contributed by atoms with E-state index in [2.05, 4.69) is 11.4 Å². The summed E-state index contributed by atoms with van der Waals surface area (Å²) in [5.74, 6) is 2.69. The number of hydrogen-bond donors (Lipinski definition) is 1. The van der Waals surface area contributed by atoms with Gasteiger partial charge in [0.1, 0.15) is 17.3 Å². The van der Waals surface area contributed by atoms with E-state index in [-0.39, 0.29) is 17.8 Å². The fourth-order valence-corrected chi connectivity index (χ4v) is 5.15. The Bertz CT molecular complexity index is 633. The van der Waals surface area contributed by atoms with Crippen LogP contribution in [0.4, 0.5) is 0 Å². The van der Waals surface area contributed by atoms with Crippen molar-refractivity contribution >= 4 is 18.2 Å². The van der Waals surface area contributed by atoms with Gasteiger partial charge in [-0.2, -0.15) is 0 Å². The molecule has 1 N–H and O–H groups in total. The molecule has 1 aromatic rings. The zero-order valence-electron chi connectivity index (χ0n) is 13.7. The number of halogens is 1. The smallest absolute Gasteiger partial charge is 0.133 e. The predicted molar refractivity (Wildman–Crippen MR) is 90.9 cm³/mol. The van der Waals surface area contributed by atoms with Crippen molar-refractivity contribution in [2.45, 2.75) is 43.6 Å². The molecule has 5 heteroatoms. The largest absolute Gasteiger partial charge is 0.497 e. The summed E-state index contributed by atoms with van der Waals surface area (Å²) in [6.45, 7) is 0.989. The maximum atomic E-state index is 12.3. The third-order valence-corrected chi connectivity index (χ3v) is 5.97. The van der Waals surface area contributed by atoms with Crippen molar-refractivity contribution in [2.75, 3.05) is 20.8 Å². The van der Waals surface area contributed by atoms with E-state index in [0.29, 0.717) is 24.2 Å². The lowest BCUT2D eigenvalue weighted by molar-refractivity contribution is -0.125. The average Bonchev–Trinajstić information content (AvgIpc) is 2.52. The third-order valence-electron chi connectivity index (χ3n) is 5.97. The number of carbonyl (C=O) groups is 1. The van der Waals surface area contributed by atoms with Gasteiger partial charge in [-0.1, -0.05) is 0 Å². The number of ether oxygens (including phenoxy) is 2. The summed E-state index contributed by atoms with van der Waals surface area (Å²) in [6.07, 6.45) is 4.44. The zero-order chi connectivity index (χ0) is 15.3. The van der Waals surface area contributed by atoms with E-state index in [4.69, 9.17) is 9.47 Å². The zero-order valence-corrected chi connectivity index (χ0v) is 14.5. The average molecular weight is 338 g/mol. The highest BCUT2D eigenvalue weighted by Gasteiger charge is 2.54. The molecule has 2 fully saturated rings. The standard InChI is InChI=1S/C18H23NO3.ClH/c1-21-13-7-11-8-15-14-4-3-12(20)10-18(14,5-6-19-15)17(11)16(9-13)22-2;/h7,9,14-15,19H,3-6,8,10H2,1-2H3;1H. The number of Topliss-reactive ketones (excluding diaryl/α,β-unsaturated/α-hetero) is 1. The lowest BCUT2D eigenvalue weighted by Gasteiger charge is -2.55. The quantitative estimate of drug-likeness (QED) is 0.901. The minimum atomic E-state index is -0.0313. The molecule has 0 aromatic heterocycles. The molecule has 3 atom stereocenters. The first-order valence-corrected chi connectivity index (χ1v) is 8.18. The van der Waals surface area contributed by atoms with Crippen LogP contribution < -0.4 is 14.8 Å². The molecule has 23 heavy (non-hydrogen) atoms. The Hall–Kier alpha value is -1.26. The van der Waals surface area contributed by atoms with Crippen LogP contribution in [0.25, 0.3) is 0 Å². The van der Waals surface area contributed by atoms with Crippen LogP contribution in [-0.2, 0) is 16.6 Å². The summed E-state index contributed by atoms with van der Waals surface area (Å²) in [6, 6.07) is 4.59. The van der Waals surface area contributed by atoms with Gasteiger partial charge in [0, 0.05) is 35.9 Å². The van der Waals surface area contributed by atoms with Crippen LogP contribution in [-0.4, -0.2) is 32.6 Å². The molecule has 126 valence electrons. The molecule has 1 saturated heterocycles. The first kappa shape index (κ1) is 16.6. The van der Waals surface area contributed by atoms with Crippen molar-refractivity contribution in [3.8, 4) is 11.5 Å². The van der Waals surface area contributed by atoms with E-state index in [0.717, 1.165) is 43.7 Å². The third kappa shape index (κ3) is 2.34. The first-order chi connectivity index (χ1) is 10.7. The van der Waals surface area contributed by atoms with Gasteiger partial charge >= 0.3 is 0 Å². The Morgan fingerprint density at radius 3 is 2.83 bits per heavy atom. The highest BCUT2D eigenvalue weighted by atomic mass is 35.5. The number of methoxy groups -OCH3 is 2. The van der Waals surface area contributed by atoms with Crippen LogP contribution >= 0.6 is 12.4 Å². The van der Waals surface area contributed by atoms with Crippen molar-refractivity contribution in [2.24, 2.45) is 5.92 Å². The second-order valence-corrected chi connectivity index (χ2v) is 6.90. The van der Waals surface area contributed by atoms with Crippen LogP contribution in [0, 0.1) is 5.92 Å². The van der Waals surface area contributed by atoms with Gasteiger partial charge in [-0.05, 0) is 43.4 Å². The molecule has 3 unspecified atom stereocenters. The highest BCUT2D eigenvalue weighted by Crippen LogP contribution is 2.56. The fraction of sp³-hybridized carbons (Fsp3) is 0.611. The van der Waals surface area contributed by atoms with Gasteiger partial charge < -0.3 is 14.8 Å². The summed E-state index contributed by atoms with van der Waals surface area (Å²) < 4.78 is 11.1. The molecule has 4 rings (SSSR count). The molecule has 1 saturated carbocycles. The van der Waals surface area contributed by atoms with Crippen LogP contribution in [0.15, 0.2) is 12.1 Å². The number of ketones is 1. The SMILES string of the molecule is COc1cc2c(c(OC)c1)C13CCNC(C2)C1CCC(=O)C3.Cl. The van der Waals surface area contributed by atoms with Crippen LogP contribution in [0.5, 0.6) is 11.5 Å². The van der Waals surface area contributed by atoms with Gasteiger partial charge in [-0.25, -0.2) is 0 Å². The van der Waals surface area contributed by atoms with Crippen molar-refractivity contribution in [3.05, 3.63) is 23.3 Å². The lowest BCUT2D eigenvalue weighted by atomic mass is 9.52. The number of hydrogen-bond acceptors (Lipinski definition) is 4. The van der Waals surface area contributed by atoms with E-state index in [9.17, 15) is 4.79 Å². The van der Waals surface area contributed by atoms with Crippen LogP contribution in [0.1, 0.15) is 36.8 Å². The maximum Gasteiger partial charge on any atom is 0.133 e. The highest BCUT2D eigenvalue weighted by molar-refractivity contribution is 5.85. The summed E-state index contributed by atoms with van der Waals surface area (Å²) >= 11 is 0. The Balaban J connectivity index is 0.00000156. The minimum Gasteiger partial charge on any atom is -0.497 e. The predicted octanol–water partition coefficient (Wildman–Crippen LogP) is 2.65. The summed E-state index contributed by atoms with van der Waals surface area (Å²) in [5, 5.41) is 3.68. The number of benzene rings is 1. The number of rotatable bonds is 2. The van der Waals surface area contributed by atoms with E-state index in [1.807, 2.05) is 6.07 Å². The normalized spacial score (nSPS) is 31.5. The molecule has 1 heterocycles. The van der Waals surface area contributed by atoms with E-state index >= 15 is 0 Å². The van der Waals surface area contributed by atoms with Crippen molar-refractivity contribution in [1.82, 2.24) is 5.32 Å². The number of nitrogens with one attached hydrogen (secondary N) is 1. The van der Waals surface area contributed by atoms with E-state index < -0.39 is 0 Å². The topological polar surface area (TPSA) is 47.6 Å². The molecule has 1 aliphatic heterocycles. The molecular formula is C18H24ClNO3. The van der Waals surface area contributed by atoms with Gasteiger partial charge in [0.2, 0.25) is 0 Å². The molecule has 0 radical (unpaired) electrons. The van der Waals surface area contributed by atoms with Gasteiger partial charge in [0.05, 0.1) is 14.2 Å². The molecule has 4 nitrogen and oxygen atoms in total. The Morgan fingerprint density at radius 1 is 1.26 bits per heavy atom. The molecule has 2 bridgehead atoms. The number of carbonyl (C=O) groups excluding carboxylic acids is 1. The Labute approximate surface area is 143 Å². The van der Waals surface area contributed by atoms with Gasteiger partial charge in [-0.15, -0.1) is 12.4 Å². The van der Waals surface area contributed by atoms with E-state index in [1.54, 1.807) is 14.2 Å². The summed E-state index contributed by atoms with van der Waals surface area (Å²) in [5.41, 5.74) is 2.54. The fourth-order valence-electron chi connectivity index (χ4n) is 5.15. The molecule has 0 spiro atoms. The minimum absolute atomic E-state index is 0. The van der Waals surface area contributed by atoms with E-state index in [1.165, 1.54) is 11.1 Å². The van der Waals surface area contributed by atoms with Crippen molar-refractivity contribution in [3.63, 3.8) is 0 Å². The molecule has 1 aromatic carbocycles. The van der Waals surface area contributed by atoms with Crippen LogP contribution in [0.2, 0.25) is 0 Å². The molecule has 2 aliphatic carbocycles.